The molecule has 0 spiro atoms. The number of hydrogen-bond acceptors (Lipinski definition) is 5. The van der Waals surface area contributed by atoms with Crippen molar-refractivity contribution in [2.75, 3.05) is 39.8 Å². The second kappa shape index (κ2) is 6.24. The van der Waals surface area contributed by atoms with Gasteiger partial charge in [0, 0.05) is 58.1 Å². The van der Waals surface area contributed by atoms with E-state index in [9.17, 15) is 9.59 Å². The van der Waals surface area contributed by atoms with Gasteiger partial charge in [-0.1, -0.05) is 0 Å². The van der Waals surface area contributed by atoms with Crippen LogP contribution in [0.4, 0.5) is 0 Å². The zero-order valence-electron chi connectivity index (χ0n) is 15.3. The van der Waals surface area contributed by atoms with Crippen LogP contribution in [0.15, 0.2) is 12.3 Å². The maximum atomic E-state index is 12.9. The molecule has 2 amide bonds. The summed E-state index contributed by atoms with van der Waals surface area (Å²) in [6.45, 7) is 5.33. The summed E-state index contributed by atoms with van der Waals surface area (Å²) in [5, 5.41) is 11.3. The lowest BCUT2D eigenvalue weighted by atomic mass is 10.1. The third-order valence-electron chi connectivity index (χ3n) is 5.48. The van der Waals surface area contributed by atoms with Crippen LogP contribution in [0.5, 0.6) is 0 Å². The van der Waals surface area contributed by atoms with Gasteiger partial charge in [-0.15, -0.1) is 0 Å². The molecule has 4 heterocycles. The van der Waals surface area contributed by atoms with Gasteiger partial charge in [-0.25, -0.2) is 0 Å². The van der Waals surface area contributed by atoms with Crippen LogP contribution in [0, 0.1) is 6.92 Å². The van der Waals surface area contributed by atoms with E-state index in [1.54, 1.807) is 26.7 Å². The summed E-state index contributed by atoms with van der Waals surface area (Å²) in [6, 6.07) is 1.52. The van der Waals surface area contributed by atoms with Crippen LogP contribution in [-0.4, -0.2) is 92.3 Å². The number of carbonyl (C=O) groups is 2. The van der Waals surface area contributed by atoms with Gasteiger partial charge in [0.1, 0.15) is 11.7 Å². The fraction of sp³-hybridized carbons (Fsp3) is 0.529. The van der Waals surface area contributed by atoms with Crippen molar-refractivity contribution in [3.05, 3.63) is 23.7 Å². The predicted molar refractivity (Wildman–Crippen MR) is 94.4 cm³/mol. The van der Waals surface area contributed by atoms with Gasteiger partial charge in [0.05, 0.1) is 11.9 Å². The molecule has 4 rings (SSSR count). The van der Waals surface area contributed by atoms with Crippen molar-refractivity contribution >= 4 is 11.8 Å². The quantitative estimate of drug-likeness (QED) is 0.798. The molecule has 1 N–H and O–H groups in total. The third kappa shape index (κ3) is 2.68. The van der Waals surface area contributed by atoms with E-state index in [0.29, 0.717) is 24.5 Å². The second-order valence-corrected chi connectivity index (χ2v) is 7.00. The number of nitrogens with zero attached hydrogens (tertiary/aromatic N) is 6. The normalized spacial score (nSPS) is 21.2. The number of rotatable bonds is 2. The number of nitrogens with one attached hydrogen (secondary N) is 1. The Kier molecular flexibility index (Phi) is 4.03. The zero-order chi connectivity index (χ0) is 18.4. The summed E-state index contributed by atoms with van der Waals surface area (Å²) in [4.78, 5) is 31.0. The number of aromatic nitrogens is 4. The summed E-state index contributed by atoms with van der Waals surface area (Å²) >= 11 is 0. The highest BCUT2D eigenvalue weighted by Crippen LogP contribution is 2.22. The Bertz CT molecular complexity index is 855. The maximum absolute atomic E-state index is 12.9. The molecule has 0 radical (unpaired) electrons. The molecule has 2 aromatic heterocycles. The van der Waals surface area contributed by atoms with E-state index in [0.717, 1.165) is 30.9 Å². The number of likely N-dealkylation sites (N-methyl/N-ethyl adjacent to an activating group) is 1. The Labute approximate surface area is 151 Å². The number of piperazine rings is 2. The van der Waals surface area contributed by atoms with Crippen LogP contribution in [0.2, 0.25) is 0 Å². The van der Waals surface area contributed by atoms with E-state index >= 15 is 0 Å². The Morgan fingerprint density at radius 1 is 1.23 bits per heavy atom. The first-order chi connectivity index (χ1) is 12.5. The molecular formula is C17H23N7O2. The summed E-state index contributed by atoms with van der Waals surface area (Å²) in [7, 11) is 3.69. The average molecular weight is 357 g/mol. The molecule has 2 fully saturated rings. The lowest BCUT2D eigenvalue weighted by molar-refractivity contribution is -0.142. The van der Waals surface area contributed by atoms with E-state index in [2.05, 4.69) is 20.2 Å². The van der Waals surface area contributed by atoms with Crippen molar-refractivity contribution in [3.8, 4) is 11.3 Å². The molecule has 2 aliphatic heterocycles. The van der Waals surface area contributed by atoms with Crippen molar-refractivity contribution in [2.45, 2.75) is 13.0 Å². The SMILES string of the molecule is Cc1c(-c2cc(C(=O)N3CCN4CCN(C)C(=O)[C@@H]4C3)[nH]n2)cnn1C. The smallest absolute Gasteiger partial charge is 0.271 e. The first-order valence-corrected chi connectivity index (χ1v) is 8.78. The molecule has 2 aliphatic rings. The van der Waals surface area contributed by atoms with E-state index in [1.807, 2.05) is 21.0 Å². The molecule has 2 saturated heterocycles. The topological polar surface area (TPSA) is 90.4 Å². The van der Waals surface area contributed by atoms with Gasteiger partial charge in [-0.05, 0) is 13.0 Å². The molecule has 2 aromatic rings. The molecule has 9 nitrogen and oxygen atoms in total. The lowest BCUT2D eigenvalue weighted by Crippen LogP contribution is -2.64. The van der Waals surface area contributed by atoms with Crippen LogP contribution >= 0.6 is 0 Å². The fourth-order valence-corrected chi connectivity index (χ4v) is 3.64. The number of aryl methyl sites for hydroxylation is 1. The number of aromatic amines is 1. The van der Waals surface area contributed by atoms with E-state index < -0.39 is 0 Å². The molecule has 1 atom stereocenters. The predicted octanol–water partition coefficient (Wildman–Crippen LogP) is -0.283. The van der Waals surface area contributed by atoms with Crippen molar-refractivity contribution in [1.29, 1.82) is 0 Å². The summed E-state index contributed by atoms with van der Waals surface area (Å²) < 4.78 is 1.77. The van der Waals surface area contributed by atoms with Crippen LogP contribution in [0.1, 0.15) is 16.2 Å². The van der Waals surface area contributed by atoms with E-state index in [-0.39, 0.29) is 17.9 Å². The molecule has 0 saturated carbocycles. The molecule has 138 valence electrons. The number of H-pyrrole nitrogens is 1. The number of fused-ring (bicyclic) bond motifs is 1. The van der Waals surface area contributed by atoms with Crippen molar-refractivity contribution in [1.82, 2.24) is 34.7 Å². The molecule has 0 aromatic carbocycles. The molecule has 9 heteroatoms. The van der Waals surface area contributed by atoms with E-state index in [1.165, 1.54) is 0 Å². The fourth-order valence-electron chi connectivity index (χ4n) is 3.64. The second-order valence-electron chi connectivity index (χ2n) is 7.00. The van der Waals surface area contributed by atoms with Crippen LogP contribution in [0.3, 0.4) is 0 Å². The van der Waals surface area contributed by atoms with Gasteiger partial charge >= 0.3 is 0 Å². The minimum atomic E-state index is -0.241. The minimum Gasteiger partial charge on any atom is -0.343 e. The summed E-state index contributed by atoms with van der Waals surface area (Å²) in [5.41, 5.74) is 3.02. The first kappa shape index (κ1) is 16.8. The maximum Gasteiger partial charge on any atom is 0.271 e. The minimum absolute atomic E-state index is 0.0880. The first-order valence-electron chi connectivity index (χ1n) is 8.78. The van der Waals surface area contributed by atoms with Gasteiger partial charge in [0.15, 0.2) is 0 Å². The van der Waals surface area contributed by atoms with Gasteiger partial charge in [0.25, 0.3) is 5.91 Å². The van der Waals surface area contributed by atoms with Crippen LogP contribution in [-0.2, 0) is 11.8 Å². The number of amides is 2. The molecule has 0 unspecified atom stereocenters. The zero-order valence-corrected chi connectivity index (χ0v) is 15.3. The Hall–Kier alpha value is -2.68. The summed E-state index contributed by atoms with van der Waals surface area (Å²) in [6.07, 6.45) is 1.75. The Balaban J connectivity index is 1.52. The van der Waals surface area contributed by atoms with Gasteiger partial charge < -0.3 is 9.80 Å². The standard InChI is InChI=1S/C17H23N7O2/c1-11-12(9-18-22(11)3)13-8-14(20-19-13)16(25)24-7-6-23-5-4-21(2)17(26)15(23)10-24/h8-9,15H,4-7,10H2,1-3H3,(H,19,20)/t15-/m0/s1. The van der Waals surface area contributed by atoms with Crippen molar-refractivity contribution < 1.29 is 9.59 Å². The molecule has 26 heavy (non-hydrogen) atoms. The van der Waals surface area contributed by atoms with Gasteiger partial charge in [-0.2, -0.15) is 10.2 Å². The van der Waals surface area contributed by atoms with E-state index in [4.69, 9.17) is 0 Å². The molecule has 0 aliphatic carbocycles. The number of carbonyl (C=O) groups excluding carboxylic acids is 2. The van der Waals surface area contributed by atoms with Gasteiger partial charge in [-0.3, -0.25) is 24.3 Å². The van der Waals surface area contributed by atoms with Crippen molar-refractivity contribution in [3.63, 3.8) is 0 Å². The molecule has 0 bridgehead atoms. The highest BCUT2D eigenvalue weighted by atomic mass is 16.2. The largest absolute Gasteiger partial charge is 0.343 e. The Morgan fingerprint density at radius 2 is 2.00 bits per heavy atom. The average Bonchev–Trinajstić information content (AvgIpc) is 3.25. The third-order valence-corrected chi connectivity index (χ3v) is 5.48. The van der Waals surface area contributed by atoms with Crippen LogP contribution < -0.4 is 0 Å². The lowest BCUT2D eigenvalue weighted by Gasteiger charge is -2.45. The number of hydrogen-bond donors (Lipinski definition) is 1. The van der Waals surface area contributed by atoms with Gasteiger partial charge in [0.2, 0.25) is 5.91 Å². The van der Waals surface area contributed by atoms with Crippen LogP contribution in [0.25, 0.3) is 11.3 Å². The summed E-state index contributed by atoms with van der Waals surface area (Å²) in [5.74, 6) is -0.0315. The molecular weight excluding hydrogens is 334 g/mol. The Morgan fingerprint density at radius 3 is 2.73 bits per heavy atom. The highest BCUT2D eigenvalue weighted by Gasteiger charge is 2.39. The highest BCUT2D eigenvalue weighted by molar-refractivity contribution is 5.94. The monoisotopic (exact) mass is 357 g/mol. The van der Waals surface area contributed by atoms with Crippen molar-refractivity contribution in [2.24, 2.45) is 7.05 Å².